The molecule has 1 rings (SSSR count). The normalized spacial score (nSPS) is 10.1. The summed E-state index contributed by atoms with van der Waals surface area (Å²) in [6.45, 7) is 5.93. The highest BCUT2D eigenvalue weighted by Gasteiger charge is 2.16. The zero-order valence-corrected chi connectivity index (χ0v) is 10.7. The zero-order chi connectivity index (χ0) is 12.8. The summed E-state index contributed by atoms with van der Waals surface area (Å²) in [5.41, 5.74) is 7.70. The van der Waals surface area contributed by atoms with Gasteiger partial charge in [-0.25, -0.2) is 4.79 Å². The molecule has 0 unspecified atom stereocenters. The van der Waals surface area contributed by atoms with Crippen molar-refractivity contribution in [1.29, 1.82) is 0 Å². The number of hydrogen-bond donors (Lipinski definition) is 1. The van der Waals surface area contributed by atoms with Gasteiger partial charge < -0.3 is 15.4 Å². The Kier molecular flexibility index (Phi) is 4.82. The number of carbonyl (C=O) groups is 1. The van der Waals surface area contributed by atoms with Crippen molar-refractivity contribution in [2.45, 2.75) is 20.3 Å². The van der Waals surface area contributed by atoms with Crippen molar-refractivity contribution in [3.05, 3.63) is 23.8 Å². The summed E-state index contributed by atoms with van der Waals surface area (Å²) in [5.74, 6) is -0.346. The van der Waals surface area contributed by atoms with Gasteiger partial charge in [0.2, 0.25) is 0 Å². The average Bonchev–Trinajstić information content (AvgIpc) is 2.35. The van der Waals surface area contributed by atoms with E-state index >= 15 is 0 Å². The lowest BCUT2D eigenvalue weighted by Crippen LogP contribution is -2.25. The molecule has 1 aromatic rings. The largest absolute Gasteiger partial charge is 0.465 e. The molecule has 0 heterocycles. The van der Waals surface area contributed by atoms with Crippen molar-refractivity contribution in [2.24, 2.45) is 0 Å². The molecule has 0 atom stereocenters. The third-order valence-corrected chi connectivity index (χ3v) is 2.64. The van der Waals surface area contributed by atoms with Gasteiger partial charge in [0.05, 0.1) is 18.4 Å². The molecule has 1 aromatic carbocycles. The fourth-order valence-electron chi connectivity index (χ4n) is 1.82. The van der Waals surface area contributed by atoms with Gasteiger partial charge in [-0.3, -0.25) is 0 Å². The van der Waals surface area contributed by atoms with Gasteiger partial charge in [-0.2, -0.15) is 0 Å². The Morgan fingerprint density at radius 2 is 2.12 bits per heavy atom. The summed E-state index contributed by atoms with van der Waals surface area (Å²) >= 11 is 0. The molecule has 0 amide bonds. The fourth-order valence-corrected chi connectivity index (χ4v) is 1.82. The van der Waals surface area contributed by atoms with Crippen LogP contribution in [0.25, 0.3) is 0 Å². The minimum Gasteiger partial charge on any atom is -0.465 e. The van der Waals surface area contributed by atoms with Crippen molar-refractivity contribution in [1.82, 2.24) is 0 Å². The van der Waals surface area contributed by atoms with Gasteiger partial charge in [-0.15, -0.1) is 0 Å². The van der Waals surface area contributed by atoms with Crippen LogP contribution in [0.5, 0.6) is 0 Å². The number of methoxy groups -OCH3 is 1. The summed E-state index contributed by atoms with van der Waals surface area (Å²) in [5, 5.41) is 0. The average molecular weight is 236 g/mol. The number of carbonyl (C=O) groups excluding carboxylic acids is 1. The van der Waals surface area contributed by atoms with Crippen LogP contribution in [-0.4, -0.2) is 26.2 Å². The highest BCUT2D eigenvalue weighted by molar-refractivity contribution is 5.96. The van der Waals surface area contributed by atoms with Gasteiger partial charge in [-0.1, -0.05) is 6.92 Å². The van der Waals surface area contributed by atoms with E-state index in [9.17, 15) is 4.79 Å². The molecule has 0 saturated carbocycles. The molecule has 94 valence electrons. The topological polar surface area (TPSA) is 55.6 Å². The molecule has 4 nitrogen and oxygen atoms in total. The SMILES string of the molecule is CCCN(CC)c1ccc(N)cc1C(=O)OC. The van der Waals surface area contributed by atoms with E-state index < -0.39 is 0 Å². The second kappa shape index (κ2) is 6.13. The fraction of sp³-hybridized carbons (Fsp3) is 0.462. The van der Waals surface area contributed by atoms with E-state index in [-0.39, 0.29) is 5.97 Å². The van der Waals surface area contributed by atoms with Crippen LogP contribution < -0.4 is 10.6 Å². The van der Waals surface area contributed by atoms with Gasteiger partial charge in [0.1, 0.15) is 0 Å². The van der Waals surface area contributed by atoms with Crippen LogP contribution in [0.1, 0.15) is 30.6 Å². The first-order chi connectivity index (χ1) is 8.13. The molecule has 2 N–H and O–H groups in total. The first-order valence-electron chi connectivity index (χ1n) is 5.86. The smallest absolute Gasteiger partial charge is 0.340 e. The molecule has 4 heteroatoms. The lowest BCUT2D eigenvalue weighted by molar-refractivity contribution is 0.0601. The Bertz CT molecular complexity index is 391. The van der Waals surface area contributed by atoms with Gasteiger partial charge in [0.25, 0.3) is 0 Å². The van der Waals surface area contributed by atoms with Crippen molar-refractivity contribution < 1.29 is 9.53 Å². The molecule has 0 saturated heterocycles. The van der Waals surface area contributed by atoms with Crippen molar-refractivity contribution in [2.75, 3.05) is 30.8 Å². The van der Waals surface area contributed by atoms with E-state index in [4.69, 9.17) is 10.5 Å². The second-order valence-electron chi connectivity index (χ2n) is 3.85. The highest BCUT2D eigenvalue weighted by atomic mass is 16.5. The maximum Gasteiger partial charge on any atom is 0.340 e. The Morgan fingerprint density at radius 3 is 2.65 bits per heavy atom. The Morgan fingerprint density at radius 1 is 1.41 bits per heavy atom. The van der Waals surface area contributed by atoms with Crippen LogP contribution in [0.4, 0.5) is 11.4 Å². The standard InChI is InChI=1S/C13H20N2O2/c1-4-8-15(5-2)12-7-6-10(14)9-11(12)13(16)17-3/h6-7,9H,4-5,8,14H2,1-3H3. The highest BCUT2D eigenvalue weighted by Crippen LogP contribution is 2.24. The summed E-state index contributed by atoms with van der Waals surface area (Å²) in [4.78, 5) is 13.9. The number of nitrogen functional groups attached to an aromatic ring is 1. The van der Waals surface area contributed by atoms with E-state index in [1.807, 2.05) is 6.07 Å². The molecular formula is C13H20N2O2. The summed E-state index contributed by atoms with van der Waals surface area (Å²) in [6.07, 6.45) is 1.03. The third kappa shape index (κ3) is 3.12. The molecule has 0 aliphatic heterocycles. The Hall–Kier alpha value is -1.71. The maximum absolute atomic E-state index is 11.7. The number of ether oxygens (including phenoxy) is 1. The molecule has 0 bridgehead atoms. The molecule has 17 heavy (non-hydrogen) atoms. The molecule has 0 aliphatic carbocycles. The number of benzene rings is 1. The Labute approximate surface area is 102 Å². The van der Waals surface area contributed by atoms with Crippen LogP contribution in [0.15, 0.2) is 18.2 Å². The van der Waals surface area contributed by atoms with Crippen LogP contribution in [-0.2, 0) is 4.74 Å². The van der Waals surface area contributed by atoms with E-state index in [2.05, 4.69) is 18.7 Å². The molecule has 0 aromatic heterocycles. The molecular weight excluding hydrogens is 216 g/mol. The number of anilines is 2. The van der Waals surface area contributed by atoms with Gasteiger partial charge in [0.15, 0.2) is 0 Å². The lowest BCUT2D eigenvalue weighted by Gasteiger charge is -2.24. The van der Waals surface area contributed by atoms with Gasteiger partial charge in [-0.05, 0) is 31.5 Å². The zero-order valence-electron chi connectivity index (χ0n) is 10.7. The summed E-state index contributed by atoms with van der Waals surface area (Å²) in [7, 11) is 1.38. The maximum atomic E-state index is 11.7. The minimum atomic E-state index is -0.346. The number of rotatable bonds is 5. The monoisotopic (exact) mass is 236 g/mol. The van der Waals surface area contributed by atoms with E-state index in [0.717, 1.165) is 25.2 Å². The van der Waals surface area contributed by atoms with Crippen LogP contribution >= 0.6 is 0 Å². The predicted molar refractivity (Wildman–Crippen MR) is 70.4 cm³/mol. The number of hydrogen-bond acceptors (Lipinski definition) is 4. The van der Waals surface area contributed by atoms with E-state index in [0.29, 0.717) is 11.3 Å². The summed E-state index contributed by atoms with van der Waals surface area (Å²) in [6, 6.07) is 5.35. The summed E-state index contributed by atoms with van der Waals surface area (Å²) < 4.78 is 4.78. The van der Waals surface area contributed by atoms with Crippen LogP contribution in [0, 0.1) is 0 Å². The van der Waals surface area contributed by atoms with Crippen LogP contribution in [0.2, 0.25) is 0 Å². The first kappa shape index (κ1) is 13.4. The lowest BCUT2D eigenvalue weighted by atomic mass is 10.1. The van der Waals surface area contributed by atoms with Gasteiger partial charge >= 0.3 is 5.97 Å². The molecule has 0 fully saturated rings. The first-order valence-corrected chi connectivity index (χ1v) is 5.86. The molecule has 0 aliphatic rings. The third-order valence-electron chi connectivity index (χ3n) is 2.64. The predicted octanol–water partition coefficient (Wildman–Crippen LogP) is 2.29. The number of nitrogens with two attached hydrogens (primary N) is 1. The van der Waals surface area contributed by atoms with Gasteiger partial charge in [0, 0.05) is 18.8 Å². The quantitative estimate of drug-likeness (QED) is 0.629. The molecule has 0 spiro atoms. The van der Waals surface area contributed by atoms with Crippen molar-refractivity contribution in [3.8, 4) is 0 Å². The van der Waals surface area contributed by atoms with E-state index in [1.54, 1.807) is 12.1 Å². The number of esters is 1. The second-order valence-corrected chi connectivity index (χ2v) is 3.85. The minimum absolute atomic E-state index is 0.346. The molecule has 0 radical (unpaired) electrons. The van der Waals surface area contributed by atoms with Crippen molar-refractivity contribution in [3.63, 3.8) is 0 Å². The Balaban J connectivity index is 3.16. The van der Waals surface area contributed by atoms with Crippen molar-refractivity contribution >= 4 is 17.3 Å². The van der Waals surface area contributed by atoms with E-state index in [1.165, 1.54) is 7.11 Å². The number of nitrogens with zero attached hydrogens (tertiary/aromatic N) is 1. The van der Waals surface area contributed by atoms with Crippen LogP contribution in [0.3, 0.4) is 0 Å².